The molecule has 0 radical (unpaired) electrons. The van der Waals surface area contributed by atoms with Crippen molar-refractivity contribution in [1.82, 2.24) is 0 Å². The van der Waals surface area contributed by atoms with Crippen molar-refractivity contribution in [3.63, 3.8) is 0 Å². The highest BCUT2D eigenvalue weighted by Crippen LogP contribution is 2.35. The predicted octanol–water partition coefficient (Wildman–Crippen LogP) is 3.42. The standard InChI is InChI=1S/C11H25B/c1-5-7-10(3)9-11(4,12)8-6-2/h10H,5-9,12H2,1-4H3. The molecule has 0 spiro atoms. The van der Waals surface area contributed by atoms with Crippen molar-refractivity contribution in [2.75, 3.05) is 0 Å². The third-order valence-electron chi connectivity index (χ3n) is 2.61. The van der Waals surface area contributed by atoms with E-state index in [2.05, 4.69) is 35.5 Å². The summed E-state index contributed by atoms with van der Waals surface area (Å²) in [6, 6.07) is 0. The Bertz CT molecular complexity index is 108. The lowest BCUT2D eigenvalue weighted by Gasteiger charge is -2.27. The molecule has 0 rings (SSSR count). The molecule has 0 aliphatic carbocycles. The Hall–Kier alpha value is 0.0649. The van der Waals surface area contributed by atoms with E-state index in [4.69, 9.17) is 0 Å². The molecular weight excluding hydrogens is 143 g/mol. The smallest absolute Gasteiger partial charge is 0.0669 e. The van der Waals surface area contributed by atoms with Crippen LogP contribution in [0.2, 0.25) is 5.31 Å². The van der Waals surface area contributed by atoms with Gasteiger partial charge in [-0.3, -0.25) is 0 Å². The van der Waals surface area contributed by atoms with Gasteiger partial charge in [-0.25, -0.2) is 0 Å². The largest absolute Gasteiger partial charge is 0.109 e. The van der Waals surface area contributed by atoms with Crippen LogP contribution in [-0.4, -0.2) is 7.85 Å². The Morgan fingerprint density at radius 1 is 1.25 bits per heavy atom. The van der Waals surface area contributed by atoms with Crippen molar-refractivity contribution in [1.29, 1.82) is 0 Å². The zero-order valence-electron chi connectivity index (χ0n) is 9.61. The van der Waals surface area contributed by atoms with Crippen LogP contribution >= 0.6 is 0 Å². The van der Waals surface area contributed by atoms with Gasteiger partial charge in [0.1, 0.15) is 7.85 Å². The predicted molar refractivity (Wildman–Crippen MR) is 60.5 cm³/mol. The third-order valence-corrected chi connectivity index (χ3v) is 2.61. The lowest BCUT2D eigenvalue weighted by Crippen LogP contribution is -2.12. The van der Waals surface area contributed by atoms with Crippen LogP contribution in [0.4, 0.5) is 0 Å². The van der Waals surface area contributed by atoms with Gasteiger partial charge in [0, 0.05) is 0 Å². The van der Waals surface area contributed by atoms with E-state index in [1.807, 2.05) is 0 Å². The van der Waals surface area contributed by atoms with Gasteiger partial charge < -0.3 is 0 Å². The zero-order valence-corrected chi connectivity index (χ0v) is 9.61. The number of rotatable bonds is 6. The normalized spacial score (nSPS) is 18.7. The minimum Gasteiger partial charge on any atom is -0.0669 e. The van der Waals surface area contributed by atoms with E-state index in [1.54, 1.807) is 0 Å². The molecule has 0 aromatic heterocycles. The Kier molecular flexibility index (Phi) is 5.70. The summed E-state index contributed by atoms with van der Waals surface area (Å²) in [5.74, 6) is 0.913. The molecule has 0 aromatic carbocycles. The lowest BCUT2D eigenvalue weighted by molar-refractivity contribution is 0.388. The van der Waals surface area contributed by atoms with E-state index in [0.717, 1.165) is 5.92 Å². The first-order valence-electron chi connectivity index (χ1n) is 5.52. The van der Waals surface area contributed by atoms with Crippen molar-refractivity contribution < 1.29 is 0 Å². The molecule has 2 unspecified atom stereocenters. The van der Waals surface area contributed by atoms with E-state index in [1.165, 1.54) is 32.1 Å². The Balaban J connectivity index is 3.70. The van der Waals surface area contributed by atoms with Crippen molar-refractivity contribution in [3.8, 4) is 0 Å². The van der Waals surface area contributed by atoms with Crippen molar-refractivity contribution in [2.24, 2.45) is 5.92 Å². The average Bonchev–Trinajstić information content (AvgIpc) is 1.85. The highest BCUT2D eigenvalue weighted by Gasteiger charge is 2.19. The summed E-state index contributed by atoms with van der Waals surface area (Å²) >= 11 is 0. The zero-order chi connectivity index (χ0) is 9.61. The van der Waals surface area contributed by atoms with Gasteiger partial charge in [0.15, 0.2) is 0 Å². The van der Waals surface area contributed by atoms with Crippen LogP contribution in [0.5, 0.6) is 0 Å². The van der Waals surface area contributed by atoms with Crippen LogP contribution in [0.15, 0.2) is 0 Å². The second-order valence-corrected chi connectivity index (χ2v) is 5.01. The molecule has 12 heavy (non-hydrogen) atoms. The maximum atomic E-state index is 2.41. The molecule has 0 aliphatic rings. The molecule has 0 aliphatic heterocycles. The molecule has 0 nitrogen and oxygen atoms in total. The van der Waals surface area contributed by atoms with Gasteiger partial charge >= 0.3 is 0 Å². The fourth-order valence-corrected chi connectivity index (χ4v) is 2.32. The molecule has 0 bridgehead atoms. The van der Waals surface area contributed by atoms with E-state index in [0.29, 0.717) is 5.31 Å². The van der Waals surface area contributed by atoms with Crippen LogP contribution in [0.25, 0.3) is 0 Å². The van der Waals surface area contributed by atoms with Gasteiger partial charge in [-0.15, -0.1) is 0 Å². The van der Waals surface area contributed by atoms with Crippen LogP contribution in [0.1, 0.15) is 59.8 Å². The van der Waals surface area contributed by atoms with Crippen molar-refractivity contribution in [2.45, 2.75) is 65.1 Å². The topological polar surface area (TPSA) is 0 Å². The maximum Gasteiger partial charge on any atom is 0.109 e. The van der Waals surface area contributed by atoms with Crippen molar-refractivity contribution >= 4 is 7.85 Å². The van der Waals surface area contributed by atoms with Crippen LogP contribution in [0, 0.1) is 5.92 Å². The SMILES string of the molecule is BC(C)(CCC)CC(C)CCC. The first-order chi connectivity index (χ1) is 5.52. The summed E-state index contributed by atoms with van der Waals surface area (Å²) in [4.78, 5) is 0. The average molecular weight is 168 g/mol. The van der Waals surface area contributed by atoms with Gasteiger partial charge in [0.25, 0.3) is 0 Å². The summed E-state index contributed by atoms with van der Waals surface area (Å²) in [5.41, 5.74) is 0. The van der Waals surface area contributed by atoms with E-state index >= 15 is 0 Å². The molecule has 2 atom stereocenters. The molecule has 0 saturated heterocycles. The monoisotopic (exact) mass is 168 g/mol. The lowest BCUT2D eigenvalue weighted by atomic mass is 9.63. The molecular formula is C11H25B. The molecule has 0 amide bonds. The van der Waals surface area contributed by atoms with Gasteiger partial charge in [0.2, 0.25) is 0 Å². The maximum absolute atomic E-state index is 2.41. The molecule has 1 heteroatoms. The van der Waals surface area contributed by atoms with Gasteiger partial charge in [-0.2, -0.15) is 0 Å². The van der Waals surface area contributed by atoms with Gasteiger partial charge in [-0.05, 0) is 5.92 Å². The van der Waals surface area contributed by atoms with Crippen LogP contribution in [0.3, 0.4) is 0 Å². The van der Waals surface area contributed by atoms with Crippen LogP contribution < -0.4 is 0 Å². The fraction of sp³-hybridized carbons (Fsp3) is 1.00. The van der Waals surface area contributed by atoms with E-state index in [-0.39, 0.29) is 0 Å². The number of hydrogen-bond donors (Lipinski definition) is 0. The minimum atomic E-state index is 0.573. The summed E-state index contributed by atoms with van der Waals surface area (Å²) in [6.07, 6.45) is 6.83. The molecule has 0 heterocycles. The first kappa shape index (κ1) is 12.1. The third kappa shape index (κ3) is 5.68. The van der Waals surface area contributed by atoms with E-state index in [9.17, 15) is 0 Å². The molecule has 0 fully saturated rings. The highest BCUT2D eigenvalue weighted by atomic mass is 14.2. The molecule has 0 N–H and O–H groups in total. The molecule has 0 aromatic rings. The Morgan fingerprint density at radius 3 is 2.25 bits per heavy atom. The minimum absolute atomic E-state index is 0.573. The quantitative estimate of drug-likeness (QED) is 0.533. The van der Waals surface area contributed by atoms with Gasteiger partial charge in [-0.1, -0.05) is 65.1 Å². The second-order valence-electron chi connectivity index (χ2n) is 5.01. The summed E-state index contributed by atoms with van der Waals surface area (Å²) in [6.45, 7) is 9.36. The first-order valence-corrected chi connectivity index (χ1v) is 5.52. The fourth-order valence-electron chi connectivity index (χ4n) is 2.32. The summed E-state index contributed by atoms with van der Waals surface area (Å²) in [7, 11) is 2.41. The second kappa shape index (κ2) is 5.67. The highest BCUT2D eigenvalue weighted by molar-refractivity contribution is 6.14. The van der Waals surface area contributed by atoms with Gasteiger partial charge in [0.05, 0.1) is 0 Å². The molecule has 72 valence electrons. The van der Waals surface area contributed by atoms with Crippen LogP contribution in [-0.2, 0) is 0 Å². The summed E-state index contributed by atoms with van der Waals surface area (Å²) in [5, 5.41) is 0.573. The van der Waals surface area contributed by atoms with E-state index < -0.39 is 0 Å². The Labute approximate surface area is 79.5 Å². The Morgan fingerprint density at radius 2 is 1.83 bits per heavy atom. The van der Waals surface area contributed by atoms with Crippen molar-refractivity contribution in [3.05, 3.63) is 0 Å². The molecule has 0 saturated carbocycles. The number of hydrogen-bond acceptors (Lipinski definition) is 0. The summed E-state index contributed by atoms with van der Waals surface area (Å²) < 4.78 is 0.